The Morgan fingerprint density at radius 1 is 1.36 bits per heavy atom. The highest BCUT2D eigenvalue weighted by Crippen LogP contribution is 2.30. The molecule has 28 heavy (non-hydrogen) atoms. The number of carbonyl (C=O) groups excluding carboxylic acids is 2. The maximum Gasteiger partial charge on any atom is 0.242 e. The number of nitrogens with zero attached hydrogens (tertiary/aromatic N) is 2. The van der Waals surface area contributed by atoms with Crippen molar-refractivity contribution in [2.45, 2.75) is 32.2 Å². The van der Waals surface area contributed by atoms with Gasteiger partial charge in [-0.15, -0.1) is 0 Å². The molecule has 1 aromatic rings. The van der Waals surface area contributed by atoms with Crippen LogP contribution >= 0.6 is 11.6 Å². The van der Waals surface area contributed by atoms with Crippen LogP contribution < -0.4 is 15.5 Å². The molecule has 10 heteroatoms. The Balaban J connectivity index is 1.70. The van der Waals surface area contributed by atoms with Crippen LogP contribution in [0.5, 0.6) is 0 Å². The number of anilines is 2. The van der Waals surface area contributed by atoms with E-state index in [1.54, 1.807) is 25.1 Å². The van der Waals surface area contributed by atoms with Crippen LogP contribution in [0.2, 0.25) is 5.02 Å². The maximum atomic E-state index is 12.7. The fraction of sp³-hybridized carbons (Fsp3) is 0.556. The number of sulfonamides is 1. The van der Waals surface area contributed by atoms with Gasteiger partial charge < -0.3 is 15.5 Å². The molecule has 2 aliphatic heterocycles. The van der Waals surface area contributed by atoms with Crippen LogP contribution in [0.25, 0.3) is 0 Å². The van der Waals surface area contributed by atoms with Gasteiger partial charge in [0.1, 0.15) is 6.04 Å². The molecule has 154 valence electrons. The van der Waals surface area contributed by atoms with E-state index in [1.807, 2.05) is 4.90 Å². The molecule has 2 aliphatic rings. The number of hydrogen-bond acceptors (Lipinski definition) is 5. The molecule has 0 bridgehead atoms. The molecule has 0 saturated carbocycles. The molecule has 1 unspecified atom stereocenters. The lowest BCUT2D eigenvalue weighted by atomic mass is 10.2. The van der Waals surface area contributed by atoms with Crippen molar-refractivity contribution in [2.75, 3.05) is 42.1 Å². The summed E-state index contributed by atoms with van der Waals surface area (Å²) in [7, 11) is -3.43. The van der Waals surface area contributed by atoms with Gasteiger partial charge in [0, 0.05) is 25.3 Å². The second kappa shape index (κ2) is 8.67. The van der Waals surface area contributed by atoms with Crippen molar-refractivity contribution >= 4 is 44.8 Å². The predicted molar refractivity (Wildman–Crippen MR) is 109 cm³/mol. The number of nitrogens with one attached hydrogen (secondary N) is 2. The van der Waals surface area contributed by atoms with Gasteiger partial charge in [0.25, 0.3) is 0 Å². The Bertz CT molecular complexity index is 861. The molecule has 0 aromatic heterocycles. The van der Waals surface area contributed by atoms with E-state index in [2.05, 4.69) is 10.6 Å². The van der Waals surface area contributed by atoms with Gasteiger partial charge in [0.05, 0.1) is 23.0 Å². The van der Waals surface area contributed by atoms with Gasteiger partial charge in [-0.25, -0.2) is 8.42 Å². The molecule has 2 N–H and O–H groups in total. The number of hydrogen-bond donors (Lipinski definition) is 2. The SMILES string of the molecule is CCCS(=O)(=O)N1CCCC1C(=O)Nc1ccc(N2CCNC(=O)C2)c(Cl)c1. The molecule has 1 aromatic carbocycles. The molecule has 0 spiro atoms. The van der Waals surface area contributed by atoms with Gasteiger partial charge in [0.2, 0.25) is 21.8 Å². The minimum Gasteiger partial charge on any atom is -0.359 e. The van der Waals surface area contributed by atoms with Crippen molar-refractivity contribution in [3.8, 4) is 0 Å². The second-order valence-corrected chi connectivity index (χ2v) is 9.46. The third-order valence-corrected chi connectivity index (χ3v) is 7.30. The summed E-state index contributed by atoms with van der Waals surface area (Å²) in [5.41, 5.74) is 1.22. The average Bonchev–Trinajstić information content (AvgIpc) is 3.13. The van der Waals surface area contributed by atoms with Crippen molar-refractivity contribution in [3.05, 3.63) is 23.2 Å². The van der Waals surface area contributed by atoms with E-state index in [9.17, 15) is 18.0 Å². The number of piperazine rings is 1. The maximum absolute atomic E-state index is 12.7. The normalized spacial score (nSPS) is 20.9. The third kappa shape index (κ3) is 4.59. The smallest absolute Gasteiger partial charge is 0.242 e. The van der Waals surface area contributed by atoms with Crippen molar-refractivity contribution in [3.63, 3.8) is 0 Å². The van der Waals surface area contributed by atoms with Gasteiger partial charge in [-0.3, -0.25) is 9.59 Å². The largest absolute Gasteiger partial charge is 0.359 e. The fourth-order valence-electron chi connectivity index (χ4n) is 3.62. The van der Waals surface area contributed by atoms with Crippen LogP contribution in [-0.2, 0) is 19.6 Å². The molecule has 0 radical (unpaired) electrons. The zero-order valence-corrected chi connectivity index (χ0v) is 17.4. The highest BCUT2D eigenvalue weighted by molar-refractivity contribution is 7.89. The van der Waals surface area contributed by atoms with Crippen LogP contribution in [0, 0.1) is 0 Å². The molecule has 2 saturated heterocycles. The second-order valence-electron chi connectivity index (χ2n) is 7.01. The Labute approximate surface area is 170 Å². The summed E-state index contributed by atoms with van der Waals surface area (Å²) in [6.45, 7) is 3.62. The first-order valence-electron chi connectivity index (χ1n) is 9.43. The van der Waals surface area contributed by atoms with E-state index < -0.39 is 16.1 Å². The highest BCUT2D eigenvalue weighted by atomic mass is 35.5. The number of rotatable bonds is 6. The standard InChI is InChI=1S/C18H25ClN4O4S/c1-2-10-28(26,27)23-8-3-4-16(23)18(25)21-13-5-6-15(14(19)11-13)22-9-7-20-17(24)12-22/h5-6,11,16H,2-4,7-10,12H2,1H3,(H,20,24)(H,21,25). The van der Waals surface area contributed by atoms with Crippen LogP contribution in [0.15, 0.2) is 18.2 Å². The first-order chi connectivity index (χ1) is 13.3. The van der Waals surface area contributed by atoms with Crippen molar-refractivity contribution in [1.29, 1.82) is 0 Å². The quantitative estimate of drug-likeness (QED) is 0.713. The summed E-state index contributed by atoms with van der Waals surface area (Å²) in [4.78, 5) is 26.1. The topological polar surface area (TPSA) is 98.8 Å². The Morgan fingerprint density at radius 2 is 2.14 bits per heavy atom. The molecule has 2 fully saturated rings. The zero-order valence-electron chi connectivity index (χ0n) is 15.8. The summed E-state index contributed by atoms with van der Waals surface area (Å²) in [6.07, 6.45) is 1.68. The summed E-state index contributed by atoms with van der Waals surface area (Å²) < 4.78 is 26.1. The minimum atomic E-state index is -3.43. The molecule has 1 atom stereocenters. The molecule has 0 aliphatic carbocycles. The lowest BCUT2D eigenvalue weighted by molar-refractivity contribution is -0.120. The monoisotopic (exact) mass is 428 g/mol. The van der Waals surface area contributed by atoms with Gasteiger partial charge >= 0.3 is 0 Å². The Hall–Kier alpha value is -1.84. The highest BCUT2D eigenvalue weighted by Gasteiger charge is 2.38. The molecule has 8 nitrogen and oxygen atoms in total. The van der Waals surface area contributed by atoms with Gasteiger partial charge in [0.15, 0.2) is 0 Å². The minimum absolute atomic E-state index is 0.0424. The average molecular weight is 429 g/mol. The van der Waals surface area contributed by atoms with Crippen molar-refractivity contribution < 1.29 is 18.0 Å². The number of halogens is 1. The summed E-state index contributed by atoms with van der Waals surface area (Å²) >= 11 is 6.37. The molecular formula is C18H25ClN4O4S. The Kier molecular flexibility index (Phi) is 6.47. The van der Waals surface area contributed by atoms with Gasteiger partial charge in [-0.1, -0.05) is 18.5 Å². The Morgan fingerprint density at radius 3 is 2.82 bits per heavy atom. The number of benzene rings is 1. The zero-order chi connectivity index (χ0) is 20.3. The fourth-order valence-corrected chi connectivity index (χ4v) is 5.67. The summed E-state index contributed by atoms with van der Waals surface area (Å²) in [6, 6.07) is 4.41. The lowest BCUT2D eigenvalue weighted by Crippen LogP contribution is -2.47. The first kappa shape index (κ1) is 20.9. The van der Waals surface area contributed by atoms with Crippen LogP contribution in [0.4, 0.5) is 11.4 Å². The van der Waals surface area contributed by atoms with E-state index in [-0.39, 0.29) is 24.1 Å². The predicted octanol–water partition coefficient (Wildman–Crippen LogP) is 1.42. The van der Waals surface area contributed by atoms with E-state index in [1.165, 1.54) is 4.31 Å². The van der Waals surface area contributed by atoms with Crippen LogP contribution in [-0.4, -0.2) is 62.5 Å². The van der Waals surface area contributed by atoms with Crippen molar-refractivity contribution in [2.24, 2.45) is 0 Å². The van der Waals surface area contributed by atoms with Gasteiger partial charge in [-0.05, 0) is 37.5 Å². The number of carbonyl (C=O) groups is 2. The van der Waals surface area contributed by atoms with E-state index in [4.69, 9.17) is 11.6 Å². The van der Waals surface area contributed by atoms with Crippen LogP contribution in [0.1, 0.15) is 26.2 Å². The van der Waals surface area contributed by atoms with E-state index >= 15 is 0 Å². The first-order valence-corrected chi connectivity index (χ1v) is 11.4. The van der Waals surface area contributed by atoms with E-state index in [0.29, 0.717) is 49.6 Å². The van der Waals surface area contributed by atoms with Gasteiger partial charge in [-0.2, -0.15) is 4.31 Å². The summed E-state index contributed by atoms with van der Waals surface area (Å²) in [5, 5.41) is 5.97. The molecular weight excluding hydrogens is 404 g/mol. The summed E-state index contributed by atoms with van der Waals surface area (Å²) in [5.74, 6) is -0.367. The van der Waals surface area contributed by atoms with Crippen molar-refractivity contribution in [1.82, 2.24) is 9.62 Å². The van der Waals surface area contributed by atoms with E-state index in [0.717, 1.165) is 5.69 Å². The molecule has 2 heterocycles. The number of amides is 2. The third-order valence-electron chi connectivity index (χ3n) is 4.92. The molecule has 2 amide bonds. The lowest BCUT2D eigenvalue weighted by Gasteiger charge is -2.29. The molecule has 3 rings (SSSR count). The van der Waals surface area contributed by atoms with Crippen LogP contribution in [0.3, 0.4) is 0 Å².